The van der Waals surface area contributed by atoms with Gasteiger partial charge in [0, 0.05) is 15.8 Å². The molecule has 4 rings (SSSR count). The lowest BCUT2D eigenvalue weighted by Gasteiger charge is -2.24. The summed E-state index contributed by atoms with van der Waals surface area (Å²) in [6.07, 6.45) is 0. The predicted molar refractivity (Wildman–Crippen MR) is 130 cm³/mol. The van der Waals surface area contributed by atoms with Crippen molar-refractivity contribution in [3.63, 3.8) is 0 Å². The molecule has 1 atom stereocenters. The summed E-state index contributed by atoms with van der Waals surface area (Å²) in [5.74, 6) is -0.565. The lowest BCUT2D eigenvalue weighted by atomic mass is 9.98. The molecular formula is C25H25NO5S2. The molecule has 1 fully saturated rings. The molecular weight excluding hydrogens is 458 g/mol. The Balaban J connectivity index is 1.87. The molecule has 8 heteroatoms. The molecule has 1 aliphatic rings. The van der Waals surface area contributed by atoms with Gasteiger partial charge >= 0.3 is 0 Å². The van der Waals surface area contributed by atoms with Crippen LogP contribution in [0.15, 0.2) is 52.7 Å². The van der Waals surface area contributed by atoms with Gasteiger partial charge in [0.2, 0.25) is 0 Å². The van der Waals surface area contributed by atoms with Crippen LogP contribution in [-0.2, 0) is 16.1 Å². The second-order valence-corrected chi connectivity index (χ2v) is 9.48. The third-order valence-electron chi connectivity index (χ3n) is 5.42. The average Bonchev–Trinajstić information content (AvgIpc) is 3.51. The van der Waals surface area contributed by atoms with Crippen LogP contribution in [0.3, 0.4) is 0 Å². The summed E-state index contributed by atoms with van der Waals surface area (Å²) in [5, 5.41) is 15.3. The standard InChI is InChI=1S/C25H25NO5S2/c1-4-30-16-8-9-18(19(13-16)31-5-2)22(27)20-21(24-15(3)10-12-33-24)26(25(29)23(20)28)14-17-7-6-11-32-17/h6-13,21,27H,4-5,14H2,1-3H3/b22-20+. The lowest BCUT2D eigenvalue weighted by Crippen LogP contribution is -2.28. The van der Waals surface area contributed by atoms with Crippen LogP contribution in [0.1, 0.15) is 40.8 Å². The van der Waals surface area contributed by atoms with E-state index in [1.165, 1.54) is 22.7 Å². The summed E-state index contributed by atoms with van der Waals surface area (Å²) < 4.78 is 11.3. The second-order valence-electron chi connectivity index (χ2n) is 7.50. The van der Waals surface area contributed by atoms with Gasteiger partial charge in [-0.3, -0.25) is 9.59 Å². The number of thiophene rings is 2. The van der Waals surface area contributed by atoms with Crippen molar-refractivity contribution in [3.05, 3.63) is 73.6 Å². The van der Waals surface area contributed by atoms with Gasteiger partial charge in [0.05, 0.1) is 30.9 Å². The number of nitrogens with zero attached hydrogens (tertiary/aromatic N) is 1. The smallest absolute Gasteiger partial charge is 0.296 e. The molecule has 6 nitrogen and oxygen atoms in total. The molecule has 1 aliphatic heterocycles. The van der Waals surface area contributed by atoms with Gasteiger partial charge in [-0.2, -0.15) is 0 Å². The number of aryl methyl sites for hydroxylation is 1. The Kier molecular flexibility index (Phi) is 6.85. The number of rotatable bonds is 8. The molecule has 0 aliphatic carbocycles. The number of likely N-dealkylation sites (tertiary alicyclic amines) is 1. The number of hydrogen-bond acceptors (Lipinski definition) is 7. The first-order valence-electron chi connectivity index (χ1n) is 10.7. The number of Topliss-reactive ketones (excluding diaryl/α,β-unsaturated/α-hetero) is 1. The fourth-order valence-corrected chi connectivity index (χ4v) is 5.67. The van der Waals surface area contributed by atoms with E-state index in [1.54, 1.807) is 23.1 Å². The van der Waals surface area contributed by atoms with Crippen molar-refractivity contribution in [2.75, 3.05) is 13.2 Å². The van der Waals surface area contributed by atoms with E-state index in [0.29, 0.717) is 36.8 Å². The molecule has 1 saturated heterocycles. The van der Waals surface area contributed by atoms with Gasteiger partial charge in [-0.05, 0) is 61.4 Å². The number of ketones is 1. The summed E-state index contributed by atoms with van der Waals surface area (Å²) in [4.78, 5) is 29.8. The zero-order valence-electron chi connectivity index (χ0n) is 18.7. The Morgan fingerprint density at radius 2 is 1.85 bits per heavy atom. The summed E-state index contributed by atoms with van der Waals surface area (Å²) in [6, 6.07) is 10.2. The van der Waals surface area contributed by atoms with Crippen molar-refractivity contribution in [1.82, 2.24) is 4.90 Å². The highest BCUT2D eigenvalue weighted by molar-refractivity contribution is 7.10. The van der Waals surface area contributed by atoms with E-state index < -0.39 is 17.7 Å². The number of aliphatic hydroxyl groups excluding tert-OH is 1. The Bertz CT molecular complexity index is 1200. The Morgan fingerprint density at radius 1 is 1.06 bits per heavy atom. The summed E-state index contributed by atoms with van der Waals surface area (Å²) in [7, 11) is 0. The van der Waals surface area contributed by atoms with Crippen LogP contribution in [-0.4, -0.2) is 34.9 Å². The van der Waals surface area contributed by atoms with Gasteiger partial charge in [-0.25, -0.2) is 0 Å². The van der Waals surface area contributed by atoms with Crippen molar-refractivity contribution in [2.24, 2.45) is 0 Å². The molecule has 1 N–H and O–H groups in total. The summed E-state index contributed by atoms with van der Waals surface area (Å²) >= 11 is 2.99. The van der Waals surface area contributed by atoms with Gasteiger partial charge in [0.25, 0.3) is 11.7 Å². The molecule has 1 aromatic carbocycles. The van der Waals surface area contributed by atoms with Crippen LogP contribution in [0.2, 0.25) is 0 Å². The van der Waals surface area contributed by atoms with E-state index in [4.69, 9.17) is 9.47 Å². The van der Waals surface area contributed by atoms with E-state index >= 15 is 0 Å². The first-order chi connectivity index (χ1) is 16.0. The maximum atomic E-state index is 13.2. The number of aliphatic hydroxyl groups is 1. The number of amides is 1. The van der Waals surface area contributed by atoms with Crippen molar-refractivity contribution in [3.8, 4) is 11.5 Å². The largest absolute Gasteiger partial charge is 0.507 e. The fourth-order valence-electron chi connectivity index (χ4n) is 3.93. The minimum absolute atomic E-state index is 0.0761. The first-order valence-corrected chi connectivity index (χ1v) is 12.5. The second kappa shape index (κ2) is 9.80. The van der Waals surface area contributed by atoms with Crippen LogP contribution in [0, 0.1) is 6.92 Å². The van der Waals surface area contributed by atoms with Crippen molar-refractivity contribution < 1.29 is 24.2 Å². The summed E-state index contributed by atoms with van der Waals surface area (Å²) in [5.41, 5.74) is 1.39. The molecule has 3 aromatic rings. The molecule has 1 unspecified atom stereocenters. The normalized spacial score (nSPS) is 17.5. The number of ether oxygens (including phenoxy) is 2. The topological polar surface area (TPSA) is 76.1 Å². The Labute approximate surface area is 200 Å². The Morgan fingerprint density at radius 3 is 2.48 bits per heavy atom. The molecule has 2 aromatic heterocycles. The SMILES string of the molecule is CCOc1ccc(/C(O)=C2\C(=O)C(=O)N(Cc3cccs3)C2c2sccc2C)c(OCC)c1. The fraction of sp³-hybridized carbons (Fsp3) is 0.280. The molecule has 3 heterocycles. The highest BCUT2D eigenvalue weighted by atomic mass is 32.1. The minimum atomic E-state index is -0.696. The molecule has 0 radical (unpaired) electrons. The van der Waals surface area contributed by atoms with Crippen LogP contribution in [0.5, 0.6) is 11.5 Å². The molecule has 0 spiro atoms. The van der Waals surface area contributed by atoms with E-state index in [9.17, 15) is 14.7 Å². The minimum Gasteiger partial charge on any atom is -0.507 e. The maximum absolute atomic E-state index is 13.2. The number of carbonyl (C=O) groups excluding carboxylic acids is 2. The number of carbonyl (C=O) groups is 2. The third kappa shape index (κ3) is 4.41. The number of benzene rings is 1. The van der Waals surface area contributed by atoms with Gasteiger partial charge < -0.3 is 19.5 Å². The lowest BCUT2D eigenvalue weighted by molar-refractivity contribution is -0.140. The third-order valence-corrected chi connectivity index (χ3v) is 7.35. The van der Waals surface area contributed by atoms with E-state index in [2.05, 4.69) is 0 Å². The van der Waals surface area contributed by atoms with E-state index in [0.717, 1.165) is 15.3 Å². The van der Waals surface area contributed by atoms with Gasteiger partial charge in [-0.15, -0.1) is 22.7 Å². The molecule has 172 valence electrons. The first kappa shape index (κ1) is 23.1. The van der Waals surface area contributed by atoms with Gasteiger partial charge in [-0.1, -0.05) is 6.07 Å². The monoisotopic (exact) mass is 483 g/mol. The van der Waals surface area contributed by atoms with Gasteiger partial charge in [0.1, 0.15) is 23.3 Å². The number of hydrogen-bond donors (Lipinski definition) is 1. The van der Waals surface area contributed by atoms with Crippen LogP contribution < -0.4 is 9.47 Å². The Hall–Kier alpha value is -3.10. The van der Waals surface area contributed by atoms with E-state index in [-0.39, 0.29) is 11.3 Å². The maximum Gasteiger partial charge on any atom is 0.296 e. The van der Waals surface area contributed by atoms with Gasteiger partial charge in [0.15, 0.2) is 0 Å². The quantitative estimate of drug-likeness (QED) is 0.259. The van der Waals surface area contributed by atoms with Crippen LogP contribution in [0.4, 0.5) is 0 Å². The van der Waals surface area contributed by atoms with Crippen molar-refractivity contribution >= 4 is 40.1 Å². The average molecular weight is 484 g/mol. The highest BCUT2D eigenvalue weighted by Gasteiger charge is 2.47. The van der Waals surface area contributed by atoms with Crippen molar-refractivity contribution in [1.29, 1.82) is 0 Å². The molecule has 0 bridgehead atoms. The van der Waals surface area contributed by atoms with Crippen molar-refractivity contribution in [2.45, 2.75) is 33.4 Å². The highest BCUT2D eigenvalue weighted by Crippen LogP contribution is 2.44. The van der Waals surface area contributed by atoms with Crippen LogP contribution in [0.25, 0.3) is 5.76 Å². The molecule has 1 amide bonds. The zero-order chi connectivity index (χ0) is 23.5. The molecule has 0 saturated carbocycles. The zero-order valence-corrected chi connectivity index (χ0v) is 20.3. The van der Waals surface area contributed by atoms with Crippen LogP contribution >= 0.6 is 22.7 Å². The summed E-state index contributed by atoms with van der Waals surface area (Å²) in [6.45, 7) is 6.82. The molecule has 33 heavy (non-hydrogen) atoms. The predicted octanol–water partition coefficient (Wildman–Crippen LogP) is 5.54. The van der Waals surface area contributed by atoms with E-state index in [1.807, 2.05) is 49.7 Å².